The predicted molar refractivity (Wildman–Crippen MR) is 75.1 cm³/mol. The van der Waals surface area contributed by atoms with Crippen molar-refractivity contribution in [3.05, 3.63) is 39.4 Å². The van der Waals surface area contributed by atoms with E-state index in [2.05, 4.69) is 5.32 Å². The highest BCUT2D eigenvalue weighted by atomic mass is 16.6. The molecule has 1 aromatic rings. The van der Waals surface area contributed by atoms with Gasteiger partial charge in [-0.15, -0.1) is 0 Å². The van der Waals surface area contributed by atoms with Crippen molar-refractivity contribution in [2.75, 3.05) is 13.2 Å². The fraction of sp³-hybridized carbons (Fsp3) is 0.500. The Kier molecular flexibility index (Phi) is 4.24. The first-order chi connectivity index (χ1) is 9.85. The Morgan fingerprint density at radius 1 is 1.62 bits per heavy atom. The van der Waals surface area contributed by atoms with E-state index in [1.54, 1.807) is 26.0 Å². The largest absolute Gasteiger partial charge is 0.385 e. The molecule has 7 heteroatoms. The number of nitro benzene ring substituents is 1. The normalized spacial score (nSPS) is 24.8. The highest BCUT2D eigenvalue weighted by Gasteiger charge is 2.40. The summed E-state index contributed by atoms with van der Waals surface area (Å²) in [5.74, 6) is -0.571. The average molecular weight is 294 g/mol. The van der Waals surface area contributed by atoms with Crippen LogP contribution in [0.4, 0.5) is 5.69 Å². The molecule has 0 aromatic heterocycles. The van der Waals surface area contributed by atoms with Crippen LogP contribution in [-0.4, -0.2) is 40.8 Å². The lowest BCUT2D eigenvalue weighted by atomic mass is 9.96. The number of aryl methyl sites for hydroxylation is 1. The Morgan fingerprint density at radius 3 is 2.90 bits per heavy atom. The second-order valence-electron chi connectivity index (χ2n) is 5.28. The summed E-state index contributed by atoms with van der Waals surface area (Å²) < 4.78 is 5.28. The van der Waals surface area contributed by atoms with E-state index >= 15 is 0 Å². The zero-order valence-corrected chi connectivity index (χ0v) is 12.0. The van der Waals surface area contributed by atoms with Crippen LogP contribution in [0.5, 0.6) is 0 Å². The lowest BCUT2D eigenvalue weighted by molar-refractivity contribution is -0.385. The van der Waals surface area contributed by atoms with Crippen molar-refractivity contribution in [3.8, 4) is 0 Å². The van der Waals surface area contributed by atoms with Gasteiger partial charge in [0.2, 0.25) is 0 Å². The van der Waals surface area contributed by atoms with Crippen LogP contribution in [0.1, 0.15) is 29.3 Å². The van der Waals surface area contributed by atoms with Crippen molar-refractivity contribution in [1.29, 1.82) is 0 Å². The van der Waals surface area contributed by atoms with Gasteiger partial charge in [0, 0.05) is 25.1 Å². The number of nitrogens with zero attached hydrogens (tertiary/aromatic N) is 1. The Labute approximate surface area is 122 Å². The molecule has 2 unspecified atom stereocenters. The molecular formula is C14H18N2O5. The SMILES string of the molecule is Cc1cccc(C(=O)NCC2(O)CCOC2C)c1[N+](=O)[O-]. The summed E-state index contributed by atoms with van der Waals surface area (Å²) in [4.78, 5) is 22.7. The van der Waals surface area contributed by atoms with Crippen molar-refractivity contribution in [2.45, 2.75) is 32.0 Å². The zero-order valence-electron chi connectivity index (χ0n) is 12.0. The number of para-hydroxylation sites is 1. The van der Waals surface area contributed by atoms with Crippen molar-refractivity contribution < 1.29 is 19.6 Å². The first kappa shape index (κ1) is 15.4. The predicted octanol–water partition coefficient (Wildman–Crippen LogP) is 1.17. The third kappa shape index (κ3) is 3.03. The number of amides is 1. The second kappa shape index (κ2) is 5.79. The Balaban J connectivity index is 2.15. The molecule has 1 saturated heterocycles. The van der Waals surface area contributed by atoms with Gasteiger partial charge in [0.05, 0.1) is 11.0 Å². The summed E-state index contributed by atoms with van der Waals surface area (Å²) in [5.41, 5.74) is -0.925. The first-order valence-electron chi connectivity index (χ1n) is 6.71. The van der Waals surface area contributed by atoms with Crippen LogP contribution >= 0.6 is 0 Å². The molecule has 114 valence electrons. The molecule has 0 saturated carbocycles. The van der Waals surface area contributed by atoms with Crippen LogP contribution in [0.3, 0.4) is 0 Å². The number of aliphatic hydroxyl groups is 1. The van der Waals surface area contributed by atoms with Crippen LogP contribution in [0.2, 0.25) is 0 Å². The fourth-order valence-electron chi connectivity index (χ4n) is 2.42. The van der Waals surface area contributed by atoms with E-state index in [0.29, 0.717) is 18.6 Å². The van der Waals surface area contributed by atoms with Crippen LogP contribution < -0.4 is 5.32 Å². The molecule has 7 nitrogen and oxygen atoms in total. The van der Waals surface area contributed by atoms with Gasteiger partial charge in [0.15, 0.2) is 0 Å². The minimum atomic E-state index is -1.13. The quantitative estimate of drug-likeness (QED) is 0.641. The molecule has 0 spiro atoms. The molecule has 2 N–H and O–H groups in total. The molecule has 1 heterocycles. The number of hydrogen-bond acceptors (Lipinski definition) is 5. The van der Waals surface area contributed by atoms with E-state index in [1.165, 1.54) is 6.07 Å². The molecule has 0 bridgehead atoms. The van der Waals surface area contributed by atoms with Crippen molar-refractivity contribution in [3.63, 3.8) is 0 Å². The maximum absolute atomic E-state index is 12.2. The van der Waals surface area contributed by atoms with Crippen LogP contribution in [0.15, 0.2) is 18.2 Å². The second-order valence-corrected chi connectivity index (χ2v) is 5.28. The smallest absolute Gasteiger partial charge is 0.285 e. The van der Waals surface area contributed by atoms with Gasteiger partial charge >= 0.3 is 0 Å². The van der Waals surface area contributed by atoms with E-state index in [-0.39, 0.29) is 23.9 Å². The third-order valence-corrected chi connectivity index (χ3v) is 3.88. The van der Waals surface area contributed by atoms with E-state index in [4.69, 9.17) is 4.74 Å². The first-order valence-corrected chi connectivity index (χ1v) is 6.71. The van der Waals surface area contributed by atoms with Crippen molar-refractivity contribution in [1.82, 2.24) is 5.32 Å². The third-order valence-electron chi connectivity index (χ3n) is 3.88. The number of nitrogens with one attached hydrogen (secondary N) is 1. The van der Waals surface area contributed by atoms with Gasteiger partial charge in [0.1, 0.15) is 11.2 Å². The molecule has 0 aliphatic carbocycles. The van der Waals surface area contributed by atoms with Gasteiger partial charge in [-0.3, -0.25) is 14.9 Å². The molecule has 1 aromatic carbocycles. The van der Waals surface area contributed by atoms with Crippen LogP contribution in [-0.2, 0) is 4.74 Å². The zero-order chi connectivity index (χ0) is 15.6. The van der Waals surface area contributed by atoms with Crippen molar-refractivity contribution >= 4 is 11.6 Å². The molecule has 1 amide bonds. The Morgan fingerprint density at radius 2 is 2.33 bits per heavy atom. The molecule has 21 heavy (non-hydrogen) atoms. The summed E-state index contributed by atoms with van der Waals surface area (Å²) >= 11 is 0. The van der Waals surface area contributed by atoms with Gasteiger partial charge in [-0.25, -0.2) is 0 Å². The van der Waals surface area contributed by atoms with Gasteiger partial charge in [0.25, 0.3) is 11.6 Å². The topological polar surface area (TPSA) is 102 Å². The molecule has 0 radical (unpaired) electrons. The minimum Gasteiger partial charge on any atom is -0.385 e. The number of nitro groups is 1. The summed E-state index contributed by atoms with van der Waals surface area (Å²) in [6.07, 6.45) is 0.0370. The van der Waals surface area contributed by atoms with Crippen LogP contribution in [0, 0.1) is 17.0 Å². The monoisotopic (exact) mass is 294 g/mol. The lowest BCUT2D eigenvalue weighted by Crippen LogP contribution is -2.47. The minimum absolute atomic E-state index is 0.00189. The highest BCUT2D eigenvalue weighted by Crippen LogP contribution is 2.26. The Hall–Kier alpha value is -1.99. The summed E-state index contributed by atoms with van der Waals surface area (Å²) in [5, 5.41) is 24.0. The molecule has 1 fully saturated rings. The van der Waals surface area contributed by atoms with Crippen molar-refractivity contribution in [2.24, 2.45) is 0 Å². The number of ether oxygens (including phenoxy) is 1. The molecule has 2 rings (SSSR count). The number of rotatable bonds is 4. The van der Waals surface area contributed by atoms with Gasteiger partial charge < -0.3 is 15.2 Å². The van der Waals surface area contributed by atoms with Gasteiger partial charge in [-0.2, -0.15) is 0 Å². The molecule has 2 atom stereocenters. The maximum Gasteiger partial charge on any atom is 0.285 e. The number of carbonyl (C=O) groups excluding carboxylic acids is 1. The maximum atomic E-state index is 12.2. The van der Waals surface area contributed by atoms with Gasteiger partial charge in [-0.1, -0.05) is 12.1 Å². The average Bonchev–Trinajstić information content (AvgIpc) is 2.76. The summed E-state index contributed by atoms with van der Waals surface area (Å²) in [7, 11) is 0. The van der Waals surface area contributed by atoms with E-state index in [1.807, 2.05) is 0 Å². The lowest BCUT2D eigenvalue weighted by Gasteiger charge is -2.26. The number of benzene rings is 1. The fourth-order valence-corrected chi connectivity index (χ4v) is 2.42. The van der Waals surface area contributed by atoms with Gasteiger partial charge in [-0.05, 0) is 19.9 Å². The molecule has 1 aliphatic heterocycles. The Bertz CT molecular complexity index is 574. The number of hydrogen-bond donors (Lipinski definition) is 2. The van der Waals surface area contributed by atoms with E-state index in [0.717, 1.165) is 0 Å². The molecular weight excluding hydrogens is 276 g/mol. The highest BCUT2D eigenvalue weighted by molar-refractivity contribution is 5.98. The summed E-state index contributed by atoms with van der Waals surface area (Å²) in [6.45, 7) is 3.74. The van der Waals surface area contributed by atoms with E-state index in [9.17, 15) is 20.0 Å². The standard InChI is InChI=1S/C14H18N2O5/c1-9-4-3-5-11(12(9)16(19)20)13(17)15-8-14(18)6-7-21-10(14)2/h3-5,10,18H,6-8H2,1-2H3,(H,15,17). The van der Waals surface area contributed by atoms with Crippen LogP contribution in [0.25, 0.3) is 0 Å². The number of carbonyl (C=O) groups is 1. The molecule has 1 aliphatic rings. The summed E-state index contributed by atoms with van der Waals surface area (Å²) in [6, 6.07) is 4.57. The van der Waals surface area contributed by atoms with E-state index < -0.39 is 16.4 Å².